The summed E-state index contributed by atoms with van der Waals surface area (Å²) in [5.74, 6) is -0.423. The zero-order valence-corrected chi connectivity index (χ0v) is 10.2. The number of nitriles is 1. The normalized spacial score (nSPS) is 14.1. The lowest BCUT2D eigenvalue weighted by Gasteiger charge is -2.22. The molecule has 1 atom stereocenters. The highest BCUT2D eigenvalue weighted by molar-refractivity contribution is 5.33. The number of hydrogen-bond donors (Lipinski definition) is 1. The Hall–Kier alpha value is -1.44. The Morgan fingerprint density at radius 2 is 2.18 bits per heavy atom. The Kier molecular flexibility index (Phi) is 4.62. The zero-order valence-electron chi connectivity index (χ0n) is 10.2. The van der Waals surface area contributed by atoms with Crippen LogP contribution in [0.2, 0.25) is 0 Å². The first kappa shape index (κ1) is 13.6. The van der Waals surface area contributed by atoms with Crippen LogP contribution in [-0.2, 0) is 11.3 Å². The SMILES string of the molecule is CCC(C)(N)COCc1cc(F)cc(C#N)c1. The molecule has 0 bridgehead atoms. The lowest BCUT2D eigenvalue weighted by Crippen LogP contribution is -2.40. The Bertz CT molecular complexity index is 424. The van der Waals surface area contributed by atoms with Gasteiger partial charge in [0.1, 0.15) is 5.82 Å². The molecule has 1 aromatic carbocycles. The summed E-state index contributed by atoms with van der Waals surface area (Å²) >= 11 is 0. The van der Waals surface area contributed by atoms with E-state index in [4.69, 9.17) is 15.7 Å². The molecule has 0 aliphatic rings. The van der Waals surface area contributed by atoms with E-state index in [1.165, 1.54) is 12.1 Å². The van der Waals surface area contributed by atoms with Crippen LogP contribution in [-0.4, -0.2) is 12.1 Å². The summed E-state index contributed by atoms with van der Waals surface area (Å²) in [5.41, 5.74) is 6.49. The fourth-order valence-corrected chi connectivity index (χ4v) is 1.30. The predicted molar refractivity (Wildman–Crippen MR) is 63.7 cm³/mol. The van der Waals surface area contributed by atoms with Crippen molar-refractivity contribution in [1.29, 1.82) is 5.26 Å². The van der Waals surface area contributed by atoms with Gasteiger partial charge in [0.05, 0.1) is 24.8 Å². The molecule has 92 valence electrons. The number of halogens is 1. The van der Waals surface area contributed by atoms with Gasteiger partial charge in [0.25, 0.3) is 0 Å². The van der Waals surface area contributed by atoms with Gasteiger partial charge in [-0.25, -0.2) is 4.39 Å². The topological polar surface area (TPSA) is 59.0 Å². The molecular formula is C13H17FN2O. The summed E-state index contributed by atoms with van der Waals surface area (Å²) in [6.07, 6.45) is 0.805. The monoisotopic (exact) mass is 236 g/mol. The van der Waals surface area contributed by atoms with E-state index in [0.29, 0.717) is 17.7 Å². The van der Waals surface area contributed by atoms with Crippen molar-refractivity contribution in [3.63, 3.8) is 0 Å². The summed E-state index contributed by atoms with van der Waals surface area (Å²) < 4.78 is 18.5. The van der Waals surface area contributed by atoms with E-state index in [0.717, 1.165) is 6.42 Å². The Morgan fingerprint density at radius 3 is 2.76 bits per heavy atom. The van der Waals surface area contributed by atoms with Crippen molar-refractivity contribution < 1.29 is 9.13 Å². The molecule has 0 aliphatic heterocycles. The molecule has 1 unspecified atom stereocenters. The van der Waals surface area contributed by atoms with Crippen molar-refractivity contribution in [2.45, 2.75) is 32.4 Å². The maximum absolute atomic E-state index is 13.1. The first-order chi connectivity index (χ1) is 7.96. The fraction of sp³-hybridized carbons (Fsp3) is 0.462. The Morgan fingerprint density at radius 1 is 1.47 bits per heavy atom. The highest BCUT2D eigenvalue weighted by Crippen LogP contribution is 2.11. The van der Waals surface area contributed by atoms with Crippen molar-refractivity contribution in [3.8, 4) is 6.07 Å². The van der Waals surface area contributed by atoms with Crippen molar-refractivity contribution in [2.24, 2.45) is 5.73 Å². The maximum Gasteiger partial charge on any atom is 0.124 e. The summed E-state index contributed by atoms with van der Waals surface area (Å²) in [5, 5.41) is 8.70. The Labute approximate surface area is 101 Å². The third-order valence-electron chi connectivity index (χ3n) is 2.59. The van der Waals surface area contributed by atoms with Gasteiger partial charge in [-0.3, -0.25) is 0 Å². The van der Waals surface area contributed by atoms with E-state index in [9.17, 15) is 4.39 Å². The minimum absolute atomic E-state index is 0.263. The smallest absolute Gasteiger partial charge is 0.124 e. The number of ether oxygens (including phenoxy) is 1. The van der Waals surface area contributed by atoms with E-state index >= 15 is 0 Å². The van der Waals surface area contributed by atoms with Gasteiger partial charge < -0.3 is 10.5 Å². The van der Waals surface area contributed by atoms with Crippen molar-refractivity contribution in [2.75, 3.05) is 6.61 Å². The molecule has 0 aromatic heterocycles. The molecule has 4 heteroatoms. The van der Waals surface area contributed by atoms with E-state index < -0.39 is 5.82 Å². The predicted octanol–water partition coefficient (Wildman–Crippen LogP) is 2.34. The lowest BCUT2D eigenvalue weighted by atomic mass is 10.0. The van der Waals surface area contributed by atoms with Crippen molar-refractivity contribution in [1.82, 2.24) is 0 Å². The van der Waals surface area contributed by atoms with Gasteiger partial charge in [0, 0.05) is 5.54 Å². The number of hydrogen-bond acceptors (Lipinski definition) is 3. The second-order valence-corrected chi connectivity index (χ2v) is 4.46. The van der Waals surface area contributed by atoms with Gasteiger partial charge in [0.15, 0.2) is 0 Å². The number of nitrogens with zero attached hydrogens (tertiary/aromatic N) is 1. The average Bonchev–Trinajstić information content (AvgIpc) is 2.28. The molecule has 2 N–H and O–H groups in total. The highest BCUT2D eigenvalue weighted by Gasteiger charge is 2.15. The number of rotatable bonds is 5. The summed E-state index contributed by atoms with van der Waals surface area (Å²) in [7, 11) is 0. The van der Waals surface area contributed by atoms with Gasteiger partial charge in [0.2, 0.25) is 0 Å². The second-order valence-electron chi connectivity index (χ2n) is 4.46. The molecule has 0 aliphatic carbocycles. The van der Waals surface area contributed by atoms with Crippen LogP contribution in [0.15, 0.2) is 18.2 Å². The van der Waals surface area contributed by atoms with Crippen LogP contribution in [0.1, 0.15) is 31.4 Å². The van der Waals surface area contributed by atoms with E-state index in [-0.39, 0.29) is 12.1 Å². The van der Waals surface area contributed by atoms with Gasteiger partial charge in [-0.15, -0.1) is 0 Å². The molecule has 0 saturated heterocycles. The summed E-state index contributed by atoms with van der Waals surface area (Å²) in [6, 6.07) is 6.08. The first-order valence-corrected chi connectivity index (χ1v) is 5.53. The van der Waals surface area contributed by atoms with Gasteiger partial charge >= 0.3 is 0 Å². The van der Waals surface area contributed by atoms with Crippen LogP contribution in [0.3, 0.4) is 0 Å². The van der Waals surface area contributed by atoms with E-state index in [2.05, 4.69) is 0 Å². The van der Waals surface area contributed by atoms with Crippen LogP contribution in [0.4, 0.5) is 4.39 Å². The molecule has 1 rings (SSSR count). The van der Waals surface area contributed by atoms with Crippen LogP contribution in [0, 0.1) is 17.1 Å². The molecule has 1 aromatic rings. The molecular weight excluding hydrogens is 219 g/mol. The van der Waals surface area contributed by atoms with Crippen LogP contribution >= 0.6 is 0 Å². The van der Waals surface area contributed by atoms with Crippen LogP contribution in [0.25, 0.3) is 0 Å². The summed E-state index contributed by atoms with van der Waals surface area (Å²) in [6.45, 7) is 4.56. The lowest BCUT2D eigenvalue weighted by molar-refractivity contribution is 0.0776. The minimum atomic E-state index is -0.423. The number of benzene rings is 1. The first-order valence-electron chi connectivity index (χ1n) is 5.53. The third-order valence-corrected chi connectivity index (χ3v) is 2.59. The second kappa shape index (κ2) is 5.76. The Balaban J connectivity index is 2.58. The largest absolute Gasteiger partial charge is 0.375 e. The van der Waals surface area contributed by atoms with Crippen molar-refractivity contribution in [3.05, 3.63) is 35.1 Å². The molecule has 0 radical (unpaired) electrons. The quantitative estimate of drug-likeness (QED) is 0.853. The number of nitrogens with two attached hydrogens (primary N) is 1. The molecule has 0 fully saturated rings. The van der Waals surface area contributed by atoms with Gasteiger partial charge in [-0.1, -0.05) is 6.92 Å². The van der Waals surface area contributed by atoms with Gasteiger partial charge in [-0.05, 0) is 37.1 Å². The van der Waals surface area contributed by atoms with Crippen LogP contribution in [0.5, 0.6) is 0 Å². The van der Waals surface area contributed by atoms with E-state index in [1.54, 1.807) is 6.07 Å². The molecule has 0 saturated carbocycles. The standard InChI is InChI=1S/C13H17FN2O/c1-3-13(2,16)9-17-8-11-4-10(7-15)5-12(14)6-11/h4-6H,3,8-9,16H2,1-2H3. The van der Waals surface area contributed by atoms with E-state index in [1.807, 2.05) is 19.9 Å². The maximum atomic E-state index is 13.1. The average molecular weight is 236 g/mol. The molecule has 0 spiro atoms. The zero-order chi connectivity index (χ0) is 12.9. The summed E-state index contributed by atoms with van der Waals surface area (Å²) in [4.78, 5) is 0. The van der Waals surface area contributed by atoms with Gasteiger partial charge in [-0.2, -0.15) is 5.26 Å². The molecule has 17 heavy (non-hydrogen) atoms. The minimum Gasteiger partial charge on any atom is -0.375 e. The highest BCUT2D eigenvalue weighted by atomic mass is 19.1. The molecule has 0 amide bonds. The molecule has 0 heterocycles. The third kappa shape index (κ3) is 4.51. The molecule has 3 nitrogen and oxygen atoms in total. The fourth-order valence-electron chi connectivity index (χ4n) is 1.30. The van der Waals surface area contributed by atoms with Crippen LogP contribution < -0.4 is 5.73 Å². The van der Waals surface area contributed by atoms with Crippen molar-refractivity contribution >= 4 is 0 Å².